The molecule has 0 aromatic carbocycles. The van der Waals surface area contributed by atoms with Crippen LogP contribution in [0.1, 0.15) is 39.0 Å². The van der Waals surface area contributed by atoms with Gasteiger partial charge in [-0.3, -0.25) is 0 Å². The Hall–Kier alpha value is 0.310. The van der Waals surface area contributed by atoms with Crippen molar-refractivity contribution in [1.29, 1.82) is 0 Å². The van der Waals surface area contributed by atoms with Gasteiger partial charge in [-0.2, -0.15) is 11.8 Å². The highest BCUT2D eigenvalue weighted by Crippen LogP contribution is 2.29. The number of hydrogen-bond donors (Lipinski definition) is 1. The highest BCUT2D eigenvalue weighted by molar-refractivity contribution is 7.99. The number of hydrogen-bond acceptors (Lipinski definition) is 2. The summed E-state index contributed by atoms with van der Waals surface area (Å²) in [7, 11) is 0. The Morgan fingerprint density at radius 1 is 1.33 bits per heavy atom. The minimum absolute atomic E-state index is 1.01. The molecule has 1 rings (SSSR count). The molecule has 0 radical (unpaired) electrons. The molecular formula is C10H21NS. The third kappa shape index (κ3) is 4.36. The highest BCUT2D eigenvalue weighted by Gasteiger charge is 2.14. The third-order valence-corrected chi connectivity index (χ3v) is 3.87. The smallest absolute Gasteiger partial charge is 0.00470 e. The zero-order valence-electron chi connectivity index (χ0n) is 8.14. The molecule has 0 aromatic heterocycles. The second kappa shape index (κ2) is 6.79. The van der Waals surface area contributed by atoms with Gasteiger partial charge in [0.15, 0.2) is 0 Å². The van der Waals surface area contributed by atoms with Gasteiger partial charge in [0.1, 0.15) is 0 Å². The molecular weight excluding hydrogens is 166 g/mol. The van der Waals surface area contributed by atoms with E-state index in [0.29, 0.717) is 0 Å². The Morgan fingerprint density at radius 2 is 2.08 bits per heavy atom. The summed E-state index contributed by atoms with van der Waals surface area (Å²) in [5.74, 6) is 1.36. The van der Waals surface area contributed by atoms with E-state index in [0.717, 1.165) is 11.8 Å². The van der Waals surface area contributed by atoms with E-state index < -0.39 is 0 Å². The Balaban J connectivity index is 1.81. The van der Waals surface area contributed by atoms with E-state index >= 15 is 0 Å². The summed E-state index contributed by atoms with van der Waals surface area (Å²) in [5, 5.41) is 4.37. The van der Waals surface area contributed by atoms with E-state index in [1.54, 1.807) is 0 Å². The van der Waals surface area contributed by atoms with Gasteiger partial charge in [0, 0.05) is 5.25 Å². The van der Waals surface area contributed by atoms with Gasteiger partial charge >= 0.3 is 0 Å². The molecule has 0 heterocycles. The standard InChI is InChI=1S/C10H21NS/c1-2-11-8-5-9-12-10-6-3-4-7-10/h10-11H,2-9H2,1H3. The molecule has 0 bridgehead atoms. The van der Waals surface area contributed by atoms with Crippen molar-refractivity contribution >= 4 is 11.8 Å². The van der Waals surface area contributed by atoms with Crippen molar-refractivity contribution in [2.45, 2.75) is 44.3 Å². The molecule has 12 heavy (non-hydrogen) atoms. The largest absolute Gasteiger partial charge is 0.317 e. The second-order valence-corrected chi connectivity index (χ2v) is 4.89. The molecule has 0 atom stereocenters. The number of thioether (sulfide) groups is 1. The first-order valence-corrected chi connectivity index (χ1v) is 6.30. The molecule has 0 saturated heterocycles. The Kier molecular flexibility index (Phi) is 5.88. The van der Waals surface area contributed by atoms with Crippen molar-refractivity contribution in [1.82, 2.24) is 5.32 Å². The zero-order valence-corrected chi connectivity index (χ0v) is 8.96. The van der Waals surface area contributed by atoms with Crippen LogP contribution in [0.25, 0.3) is 0 Å². The maximum atomic E-state index is 3.36. The maximum Gasteiger partial charge on any atom is 0.00470 e. The SMILES string of the molecule is CCNCCCSC1CCCC1. The van der Waals surface area contributed by atoms with Gasteiger partial charge in [-0.15, -0.1) is 0 Å². The molecule has 1 aliphatic rings. The average molecular weight is 187 g/mol. The van der Waals surface area contributed by atoms with Crippen molar-refractivity contribution in [3.8, 4) is 0 Å². The van der Waals surface area contributed by atoms with Crippen LogP contribution in [0.4, 0.5) is 0 Å². The predicted octanol–water partition coefficient (Wildman–Crippen LogP) is 2.66. The predicted molar refractivity (Wildman–Crippen MR) is 57.9 cm³/mol. The Bertz CT molecular complexity index is 100. The van der Waals surface area contributed by atoms with Crippen LogP contribution < -0.4 is 5.32 Å². The van der Waals surface area contributed by atoms with Gasteiger partial charge in [-0.05, 0) is 38.1 Å². The topological polar surface area (TPSA) is 12.0 Å². The van der Waals surface area contributed by atoms with E-state index in [4.69, 9.17) is 0 Å². The number of nitrogens with one attached hydrogen (secondary N) is 1. The van der Waals surface area contributed by atoms with Gasteiger partial charge < -0.3 is 5.32 Å². The quantitative estimate of drug-likeness (QED) is 0.642. The molecule has 0 spiro atoms. The molecule has 1 saturated carbocycles. The summed E-state index contributed by atoms with van der Waals surface area (Å²) in [6, 6.07) is 0. The normalized spacial score (nSPS) is 18.8. The molecule has 0 aromatic rings. The molecule has 2 heteroatoms. The van der Waals surface area contributed by atoms with Crippen LogP contribution in [0, 0.1) is 0 Å². The van der Waals surface area contributed by atoms with E-state index in [9.17, 15) is 0 Å². The molecule has 72 valence electrons. The fourth-order valence-electron chi connectivity index (χ4n) is 1.68. The van der Waals surface area contributed by atoms with Gasteiger partial charge in [0.25, 0.3) is 0 Å². The average Bonchev–Trinajstić information content (AvgIpc) is 2.57. The first kappa shape index (κ1) is 10.4. The van der Waals surface area contributed by atoms with Gasteiger partial charge in [-0.1, -0.05) is 19.8 Å². The van der Waals surface area contributed by atoms with Crippen LogP contribution in [-0.4, -0.2) is 24.1 Å². The monoisotopic (exact) mass is 187 g/mol. The van der Waals surface area contributed by atoms with Crippen LogP contribution in [0.3, 0.4) is 0 Å². The van der Waals surface area contributed by atoms with Crippen molar-refractivity contribution < 1.29 is 0 Å². The van der Waals surface area contributed by atoms with Crippen LogP contribution in [0.15, 0.2) is 0 Å². The van der Waals surface area contributed by atoms with E-state index in [1.165, 1.54) is 44.4 Å². The lowest BCUT2D eigenvalue weighted by Crippen LogP contribution is -2.14. The van der Waals surface area contributed by atoms with E-state index in [-0.39, 0.29) is 0 Å². The van der Waals surface area contributed by atoms with Crippen LogP contribution in [0.2, 0.25) is 0 Å². The summed E-state index contributed by atoms with van der Waals surface area (Å²) < 4.78 is 0. The lowest BCUT2D eigenvalue weighted by atomic mass is 10.4. The fourth-order valence-corrected chi connectivity index (χ4v) is 2.99. The minimum atomic E-state index is 1.01. The molecule has 1 fully saturated rings. The Labute approximate surface area is 80.7 Å². The second-order valence-electron chi connectivity index (χ2n) is 3.48. The van der Waals surface area contributed by atoms with Crippen LogP contribution >= 0.6 is 11.8 Å². The summed E-state index contributed by atoms with van der Waals surface area (Å²) in [4.78, 5) is 0. The van der Waals surface area contributed by atoms with Crippen molar-refractivity contribution in [2.75, 3.05) is 18.8 Å². The first-order chi connectivity index (χ1) is 5.93. The lowest BCUT2D eigenvalue weighted by molar-refractivity contribution is 0.706. The van der Waals surface area contributed by atoms with Gasteiger partial charge in [-0.25, -0.2) is 0 Å². The molecule has 1 aliphatic carbocycles. The maximum absolute atomic E-state index is 3.36. The summed E-state index contributed by atoms with van der Waals surface area (Å²) >= 11 is 2.19. The number of rotatable bonds is 6. The molecule has 0 amide bonds. The minimum Gasteiger partial charge on any atom is -0.317 e. The first-order valence-electron chi connectivity index (χ1n) is 5.26. The van der Waals surface area contributed by atoms with Crippen molar-refractivity contribution in [3.05, 3.63) is 0 Å². The highest BCUT2D eigenvalue weighted by atomic mass is 32.2. The summed E-state index contributed by atoms with van der Waals surface area (Å²) in [6.07, 6.45) is 7.25. The molecule has 1 N–H and O–H groups in total. The third-order valence-electron chi connectivity index (χ3n) is 2.40. The molecule has 0 unspecified atom stereocenters. The molecule has 1 nitrogen and oxygen atoms in total. The Morgan fingerprint density at radius 3 is 2.75 bits per heavy atom. The van der Waals surface area contributed by atoms with Crippen LogP contribution in [0.5, 0.6) is 0 Å². The van der Waals surface area contributed by atoms with Crippen molar-refractivity contribution in [3.63, 3.8) is 0 Å². The van der Waals surface area contributed by atoms with Gasteiger partial charge in [0.2, 0.25) is 0 Å². The van der Waals surface area contributed by atoms with Gasteiger partial charge in [0.05, 0.1) is 0 Å². The summed E-state index contributed by atoms with van der Waals surface area (Å²) in [5.41, 5.74) is 0. The van der Waals surface area contributed by atoms with E-state index in [1.807, 2.05) is 0 Å². The molecule has 0 aliphatic heterocycles. The lowest BCUT2D eigenvalue weighted by Gasteiger charge is -2.07. The van der Waals surface area contributed by atoms with Crippen molar-refractivity contribution in [2.24, 2.45) is 0 Å². The fraction of sp³-hybridized carbons (Fsp3) is 1.00. The summed E-state index contributed by atoms with van der Waals surface area (Å²) in [6.45, 7) is 4.49. The van der Waals surface area contributed by atoms with Crippen LogP contribution in [-0.2, 0) is 0 Å². The van der Waals surface area contributed by atoms with E-state index in [2.05, 4.69) is 24.0 Å². The zero-order chi connectivity index (χ0) is 8.65.